The molecule has 0 atom stereocenters. The zero-order valence-corrected chi connectivity index (χ0v) is 22.3. The van der Waals surface area contributed by atoms with Crippen molar-refractivity contribution < 1.29 is 16.5 Å². The van der Waals surface area contributed by atoms with Gasteiger partial charge in [0.2, 0.25) is 0 Å². The molecule has 4 nitrogen and oxygen atoms in total. The van der Waals surface area contributed by atoms with Crippen LogP contribution in [0.1, 0.15) is 6.42 Å². The highest BCUT2D eigenvalue weighted by Crippen LogP contribution is 2.27. The van der Waals surface area contributed by atoms with Gasteiger partial charge in [-0.15, -0.1) is 0 Å². The summed E-state index contributed by atoms with van der Waals surface area (Å²) in [4.78, 5) is 0. The Morgan fingerprint density at radius 3 is 1.26 bits per heavy atom. The molecule has 0 rings (SSSR count). The molecule has 139 valence electrons. The Bertz CT molecular complexity index is 378. The molecule has 0 aromatic rings. The van der Waals surface area contributed by atoms with E-state index < -0.39 is 42.3 Å². The molecule has 0 spiro atoms. The van der Waals surface area contributed by atoms with E-state index in [0.29, 0.717) is 0 Å². The van der Waals surface area contributed by atoms with E-state index in [1.54, 1.807) is 0 Å². The smallest absolute Gasteiger partial charge is 0.314 e. The number of hydrogen-bond acceptors (Lipinski definition) is 4. The van der Waals surface area contributed by atoms with Crippen molar-refractivity contribution in [2.24, 2.45) is 0 Å². The molecule has 1 radical (unpaired) electrons. The van der Waals surface area contributed by atoms with Crippen LogP contribution >= 0.6 is 0 Å². The fraction of sp³-hybridized carbons (Fsp3) is 0.929. The predicted molar refractivity (Wildman–Crippen MR) is 112 cm³/mol. The van der Waals surface area contributed by atoms with Gasteiger partial charge in [-0.2, -0.15) is 0 Å². The van der Waals surface area contributed by atoms with Gasteiger partial charge in [0, 0.05) is 0 Å². The van der Waals surface area contributed by atoms with E-state index in [9.17, 15) is 0 Å². The number of rotatable bonds is 10. The van der Waals surface area contributed by atoms with Crippen LogP contribution in [0.15, 0.2) is 0 Å². The molecule has 9 heteroatoms. The Labute approximate surface area is 150 Å². The molecule has 0 bridgehead atoms. The Balaban J connectivity index is 4.89. The van der Waals surface area contributed by atoms with Crippen LogP contribution in [0.3, 0.4) is 0 Å². The average molecular weight is 412 g/mol. The van der Waals surface area contributed by atoms with Crippen molar-refractivity contribution in [1.29, 1.82) is 0 Å². The lowest BCUT2D eigenvalue weighted by atomic mass is 10.6. The summed E-state index contributed by atoms with van der Waals surface area (Å²) < 4.78 is 25.7. The summed E-state index contributed by atoms with van der Waals surface area (Å²) in [6.07, 6.45) is 0.922. The Morgan fingerprint density at radius 2 is 0.913 bits per heavy atom. The lowest BCUT2D eigenvalue weighted by molar-refractivity contribution is 0.299. The standard InChI is InChI=1S/C14H39O4Si5/c1-13-14-20(5,6)16-22(9,10)18-23(11,12)17-21(7,8)15-19(2,3)4/h1,13-14H2,2-12H3. The SMILES string of the molecule is [CH2]CC[Si](C)(C)O[Si](C)(C)O[Si](C)(C)O[Si](C)(C)O[Si](C)(C)C. The van der Waals surface area contributed by atoms with Crippen molar-refractivity contribution in [3.05, 3.63) is 6.92 Å². The molecular formula is C14H39O4Si5. The quantitative estimate of drug-likeness (QED) is 0.449. The second kappa shape index (κ2) is 8.08. The summed E-state index contributed by atoms with van der Waals surface area (Å²) in [5.74, 6) is 0. The van der Waals surface area contributed by atoms with Gasteiger partial charge in [0.25, 0.3) is 0 Å². The summed E-state index contributed by atoms with van der Waals surface area (Å²) in [6, 6.07) is 1.06. The summed E-state index contributed by atoms with van der Waals surface area (Å²) in [5.41, 5.74) is 0. The van der Waals surface area contributed by atoms with Gasteiger partial charge in [-0.3, -0.25) is 0 Å². The molecule has 0 aromatic carbocycles. The minimum atomic E-state index is -2.29. The van der Waals surface area contributed by atoms with Crippen LogP contribution in [0.25, 0.3) is 0 Å². The zero-order valence-electron chi connectivity index (χ0n) is 17.3. The van der Waals surface area contributed by atoms with Crippen LogP contribution in [0.2, 0.25) is 78.1 Å². The third-order valence-electron chi connectivity index (χ3n) is 2.84. The molecule has 0 N–H and O–H groups in total. The van der Waals surface area contributed by atoms with E-state index in [2.05, 4.69) is 78.9 Å². The van der Waals surface area contributed by atoms with Crippen molar-refractivity contribution in [2.75, 3.05) is 0 Å². The van der Waals surface area contributed by atoms with Gasteiger partial charge in [-0.1, -0.05) is 13.3 Å². The average Bonchev–Trinajstić information content (AvgIpc) is 2.03. The third-order valence-corrected chi connectivity index (χ3v) is 20.9. The molecule has 0 saturated carbocycles. The van der Waals surface area contributed by atoms with Crippen molar-refractivity contribution in [3.63, 3.8) is 0 Å². The number of hydrogen-bond donors (Lipinski definition) is 0. The Kier molecular flexibility index (Phi) is 8.41. The van der Waals surface area contributed by atoms with Crippen molar-refractivity contribution in [3.8, 4) is 0 Å². The molecule has 0 heterocycles. The third kappa shape index (κ3) is 12.0. The molecule has 0 aliphatic carbocycles. The molecule has 0 aromatic heterocycles. The van der Waals surface area contributed by atoms with Gasteiger partial charge in [-0.05, 0) is 78.1 Å². The van der Waals surface area contributed by atoms with E-state index in [4.69, 9.17) is 16.5 Å². The highest BCUT2D eigenvalue weighted by atomic mass is 28.5. The minimum absolute atomic E-state index is 0.922. The van der Waals surface area contributed by atoms with Crippen molar-refractivity contribution in [1.82, 2.24) is 0 Å². The van der Waals surface area contributed by atoms with E-state index in [1.807, 2.05) is 0 Å². The fourth-order valence-electron chi connectivity index (χ4n) is 3.13. The highest BCUT2D eigenvalue weighted by Gasteiger charge is 2.44. The highest BCUT2D eigenvalue weighted by molar-refractivity contribution is 6.90. The predicted octanol–water partition coefficient (Wildman–Crippen LogP) is 5.42. The molecule has 23 heavy (non-hydrogen) atoms. The monoisotopic (exact) mass is 411 g/mol. The van der Waals surface area contributed by atoms with E-state index >= 15 is 0 Å². The minimum Gasteiger partial charge on any atom is -0.437 e. The normalized spacial score (nSPS) is 15.1. The van der Waals surface area contributed by atoms with Crippen molar-refractivity contribution in [2.45, 2.75) is 84.5 Å². The lowest BCUT2D eigenvalue weighted by Crippen LogP contribution is -2.58. The van der Waals surface area contributed by atoms with Crippen LogP contribution in [0.5, 0.6) is 0 Å². The van der Waals surface area contributed by atoms with E-state index in [1.165, 1.54) is 0 Å². The van der Waals surface area contributed by atoms with Gasteiger partial charge in [-0.25, -0.2) is 0 Å². The molecule has 0 unspecified atom stereocenters. The maximum Gasteiger partial charge on any atom is 0.314 e. The first-order valence-corrected chi connectivity index (χ1v) is 23.5. The second-order valence-corrected chi connectivity index (χ2v) is 29.0. The lowest BCUT2D eigenvalue weighted by Gasteiger charge is -2.42. The maximum absolute atomic E-state index is 6.48. The van der Waals surface area contributed by atoms with Gasteiger partial charge in [0.05, 0.1) is 0 Å². The first-order valence-electron chi connectivity index (χ1n) is 8.49. The van der Waals surface area contributed by atoms with Crippen LogP contribution in [-0.4, -0.2) is 42.3 Å². The fourth-order valence-corrected chi connectivity index (χ4v) is 26.7. The molecule has 0 aliphatic rings. The molecule has 0 saturated heterocycles. The molecule has 0 fully saturated rings. The second-order valence-electron chi connectivity index (χ2n) is 9.08. The van der Waals surface area contributed by atoms with Crippen LogP contribution < -0.4 is 0 Å². The van der Waals surface area contributed by atoms with E-state index in [-0.39, 0.29) is 0 Å². The largest absolute Gasteiger partial charge is 0.437 e. The summed E-state index contributed by atoms with van der Waals surface area (Å²) >= 11 is 0. The maximum atomic E-state index is 6.48. The summed E-state index contributed by atoms with van der Waals surface area (Å²) in [7, 11) is -10.0. The van der Waals surface area contributed by atoms with Crippen LogP contribution in [-0.2, 0) is 16.5 Å². The molecular weight excluding hydrogens is 373 g/mol. The zero-order chi connectivity index (χ0) is 18.7. The first kappa shape index (κ1) is 23.9. The Morgan fingerprint density at radius 1 is 0.565 bits per heavy atom. The van der Waals surface area contributed by atoms with Gasteiger partial charge in [0.15, 0.2) is 16.6 Å². The van der Waals surface area contributed by atoms with Crippen LogP contribution in [0.4, 0.5) is 0 Å². The summed E-state index contributed by atoms with van der Waals surface area (Å²) in [5, 5.41) is 0. The first-order chi connectivity index (χ1) is 9.89. The van der Waals surface area contributed by atoms with E-state index in [0.717, 1.165) is 12.5 Å². The van der Waals surface area contributed by atoms with Gasteiger partial charge < -0.3 is 16.5 Å². The molecule has 0 amide bonds. The molecule has 0 aliphatic heterocycles. The Hall–Kier alpha value is 0.924. The van der Waals surface area contributed by atoms with Gasteiger partial charge in [0.1, 0.15) is 0 Å². The van der Waals surface area contributed by atoms with Gasteiger partial charge >= 0.3 is 25.7 Å². The topological polar surface area (TPSA) is 36.9 Å². The summed E-state index contributed by atoms with van der Waals surface area (Å²) in [6.45, 7) is 27.8. The van der Waals surface area contributed by atoms with Crippen molar-refractivity contribution >= 4 is 42.3 Å². The van der Waals surface area contributed by atoms with Crippen LogP contribution in [0, 0.1) is 6.92 Å².